The number of ether oxygens (including phenoxy) is 1. The predicted molar refractivity (Wildman–Crippen MR) is 85.3 cm³/mol. The molecule has 1 aromatic carbocycles. The highest BCUT2D eigenvalue weighted by Crippen LogP contribution is 2.34. The monoisotopic (exact) mass is 275 g/mol. The lowest BCUT2D eigenvalue weighted by atomic mass is 9.79. The number of rotatable bonds is 8. The zero-order valence-corrected chi connectivity index (χ0v) is 13.0. The van der Waals surface area contributed by atoms with E-state index in [1.165, 1.54) is 32.1 Å². The van der Waals surface area contributed by atoms with E-state index in [-0.39, 0.29) is 0 Å². The molecule has 1 aliphatic carbocycles. The molecule has 2 unspecified atom stereocenters. The summed E-state index contributed by atoms with van der Waals surface area (Å²) in [5, 5.41) is 3.70. The van der Waals surface area contributed by atoms with Gasteiger partial charge in [0.05, 0.1) is 0 Å². The van der Waals surface area contributed by atoms with Crippen molar-refractivity contribution in [1.29, 1.82) is 0 Å². The van der Waals surface area contributed by atoms with Crippen LogP contribution in [0.25, 0.3) is 0 Å². The van der Waals surface area contributed by atoms with E-state index < -0.39 is 0 Å². The van der Waals surface area contributed by atoms with Crippen molar-refractivity contribution in [1.82, 2.24) is 5.32 Å². The number of fused-ring (bicyclic) bond motifs is 1. The molecule has 0 heterocycles. The summed E-state index contributed by atoms with van der Waals surface area (Å²) in [6.45, 7) is 4.20. The fraction of sp³-hybridized carbons (Fsp3) is 0.667. The normalized spacial score (nSPS) is 19.6. The summed E-state index contributed by atoms with van der Waals surface area (Å²) in [5.74, 6) is 0.728. The molecule has 0 bridgehead atoms. The largest absolute Gasteiger partial charge is 0.385 e. The highest BCUT2D eigenvalue weighted by Gasteiger charge is 2.22. The molecule has 0 radical (unpaired) electrons. The van der Waals surface area contributed by atoms with Crippen LogP contribution in [0.4, 0.5) is 0 Å². The molecule has 1 N–H and O–H groups in total. The lowest BCUT2D eigenvalue weighted by Gasteiger charge is -2.29. The third-order valence-corrected chi connectivity index (χ3v) is 4.42. The Morgan fingerprint density at radius 3 is 3.00 bits per heavy atom. The molecule has 0 spiro atoms. The Morgan fingerprint density at radius 1 is 1.35 bits per heavy atom. The first-order valence-corrected chi connectivity index (χ1v) is 8.15. The molecular formula is C18H29NO. The minimum Gasteiger partial charge on any atom is -0.385 e. The van der Waals surface area contributed by atoms with E-state index in [1.807, 2.05) is 0 Å². The van der Waals surface area contributed by atoms with Crippen molar-refractivity contribution in [2.45, 2.75) is 57.4 Å². The van der Waals surface area contributed by atoms with Crippen molar-refractivity contribution >= 4 is 0 Å². The van der Waals surface area contributed by atoms with Crippen LogP contribution >= 0.6 is 0 Å². The maximum Gasteiger partial charge on any atom is 0.0477 e. The van der Waals surface area contributed by atoms with E-state index >= 15 is 0 Å². The predicted octanol–water partition coefficient (Wildman–Crippen LogP) is 3.90. The summed E-state index contributed by atoms with van der Waals surface area (Å²) in [7, 11) is 1.80. The van der Waals surface area contributed by atoms with Gasteiger partial charge in [0, 0.05) is 19.8 Å². The average Bonchev–Trinajstić information content (AvgIpc) is 2.50. The van der Waals surface area contributed by atoms with Crippen molar-refractivity contribution in [3.05, 3.63) is 35.4 Å². The van der Waals surface area contributed by atoms with Gasteiger partial charge >= 0.3 is 0 Å². The van der Waals surface area contributed by atoms with Gasteiger partial charge in [-0.15, -0.1) is 0 Å². The Bertz CT molecular complexity index is 383. The minimum absolute atomic E-state index is 0.589. The molecule has 2 rings (SSSR count). The van der Waals surface area contributed by atoms with Gasteiger partial charge in [0.15, 0.2) is 0 Å². The van der Waals surface area contributed by atoms with E-state index in [9.17, 15) is 0 Å². The van der Waals surface area contributed by atoms with Gasteiger partial charge in [-0.1, -0.05) is 31.2 Å². The van der Waals surface area contributed by atoms with E-state index in [0.717, 1.165) is 25.5 Å². The van der Waals surface area contributed by atoms with Crippen LogP contribution in [0, 0.1) is 0 Å². The summed E-state index contributed by atoms with van der Waals surface area (Å²) in [5.41, 5.74) is 3.17. The molecule has 20 heavy (non-hydrogen) atoms. The molecule has 2 nitrogen and oxygen atoms in total. The standard InChI is InChI=1S/C18H29NO/c1-3-12-19-17(11-13-20-2)14-16-9-6-8-15-7-4-5-10-18(15)16/h4-5,7,10,16-17,19H,3,6,8-9,11-14H2,1-2H3. The van der Waals surface area contributed by atoms with Crippen LogP contribution in [-0.2, 0) is 11.2 Å². The number of aryl methyl sites for hydroxylation is 1. The number of benzene rings is 1. The van der Waals surface area contributed by atoms with Crippen LogP contribution in [0.3, 0.4) is 0 Å². The van der Waals surface area contributed by atoms with E-state index in [1.54, 1.807) is 18.2 Å². The van der Waals surface area contributed by atoms with Gasteiger partial charge in [0.25, 0.3) is 0 Å². The molecule has 0 fully saturated rings. The lowest BCUT2D eigenvalue weighted by Crippen LogP contribution is -2.33. The molecule has 0 saturated heterocycles. The second-order valence-corrected chi connectivity index (χ2v) is 5.96. The van der Waals surface area contributed by atoms with Gasteiger partial charge in [-0.25, -0.2) is 0 Å². The Labute approximate surface area is 123 Å². The quantitative estimate of drug-likeness (QED) is 0.777. The summed E-state index contributed by atoms with van der Waals surface area (Å²) < 4.78 is 5.27. The topological polar surface area (TPSA) is 21.3 Å². The Kier molecular flexibility index (Phi) is 6.55. The molecule has 112 valence electrons. The molecule has 0 aliphatic heterocycles. The van der Waals surface area contributed by atoms with Crippen LogP contribution < -0.4 is 5.32 Å². The molecule has 0 aromatic heterocycles. The van der Waals surface area contributed by atoms with Crippen molar-refractivity contribution in [2.75, 3.05) is 20.3 Å². The van der Waals surface area contributed by atoms with E-state index in [2.05, 4.69) is 36.5 Å². The average molecular weight is 275 g/mol. The minimum atomic E-state index is 0.589. The first kappa shape index (κ1) is 15.5. The number of hydrogen-bond acceptors (Lipinski definition) is 2. The van der Waals surface area contributed by atoms with Crippen molar-refractivity contribution < 1.29 is 4.74 Å². The zero-order chi connectivity index (χ0) is 14.2. The fourth-order valence-electron chi connectivity index (χ4n) is 3.35. The summed E-state index contributed by atoms with van der Waals surface area (Å²) in [4.78, 5) is 0. The van der Waals surface area contributed by atoms with Crippen LogP contribution in [0.15, 0.2) is 24.3 Å². The summed E-state index contributed by atoms with van der Waals surface area (Å²) in [6, 6.07) is 9.61. The fourth-order valence-corrected chi connectivity index (χ4v) is 3.35. The second-order valence-electron chi connectivity index (χ2n) is 5.96. The van der Waals surface area contributed by atoms with Gasteiger partial charge in [-0.2, -0.15) is 0 Å². The van der Waals surface area contributed by atoms with Crippen LogP contribution in [0.2, 0.25) is 0 Å². The number of hydrogen-bond donors (Lipinski definition) is 1. The molecular weight excluding hydrogens is 246 g/mol. The molecule has 1 aromatic rings. The van der Waals surface area contributed by atoms with Crippen molar-refractivity contribution in [3.63, 3.8) is 0 Å². The van der Waals surface area contributed by atoms with Gasteiger partial charge in [0.2, 0.25) is 0 Å². The Balaban J connectivity index is 1.99. The molecule has 0 amide bonds. The van der Waals surface area contributed by atoms with Crippen LogP contribution in [0.5, 0.6) is 0 Å². The third-order valence-electron chi connectivity index (χ3n) is 4.42. The highest BCUT2D eigenvalue weighted by molar-refractivity contribution is 5.32. The smallest absolute Gasteiger partial charge is 0.0477 e. The van der Waals surface area contributed by atoms with Crippen LogP contribution in [0.1, 0.15) is 56.1 Å². The molecule has 0 saturated carbocycles. The molecule has 2 atom stereocenters. The highest BCUT2D eigenvalue weighted by atomic mass is 16.5. The number of nitrogens with one attached hydrogen (secondary N) is 1. The number of methoxy groups -OCH3 is 1. The van der Waals surface area contributed by atoms with Crippen molar-refractivity contribution in [2.24, 2.45) is 0 Å². The lowest BCUT2D eigenvalue weighted by molar-refractivity contribution is 0.178. The first-order chi connectivity index (χ1) is 9.85. The van der Waals surface area contributed by atoms with Gasteiger partial charge in [-0.3, -0.25) is 0 Å². The molecule has 1 aliphatic rings. The first-order valence-electron chi connectivity index (χ1n) is 8.15. The Hall–Kier alpha value is -0.860. The maximum absolute atomic E-state index is 5.27. The summed E-state index contributed by atoms with van der Waals surface area (Å²) in [6.07, 6.45) is 7.51. The van der Waals surface area contributed by atoms with Crippen molar-refractivity contribution in [3.8, 4) is 0 Å². The van der Waals surface area contributed by atoms with Gasteiger partial charge in [-0.05, 0) is 62.1 Å². The maximum atomic E-state index is 5.27. The van der Waals surface area contributed by atoms with Crippen LogP contribution in [-0.4, -0.2) is 26.3 Å². The zero-order valence-electron chi connectivity index (χ0n) is 13.0. The SMILES string of the molecule is CCCNC(CCOC)CC1CCCc2ccccc21. The Morgan fingerprint density at radius 2 is 2.20 bits per heavy atom. The molecule has 2 heteroatoms. The second kappa shape index (κ2) is 8.43. The van der Waals surface area contributed by atoms with E-state index in [0.29, 0.717) is 6.04 Å². The summed E-state index contributed by atoms with van der Waals surface area (Å²) >= 11 is 0. The van der Waals surface area contributed by atoms with E-state index in [4.69, 9.17) is 4.74 Å². The van der Waals surface area contributed by atoms with Gasteiger partial charge < -0.3 is 10.1 Å². The van der Waals surface area contributed by atoms with Gasteiger partial charge in [0.1, 0.15) is 0 Å². The third kappa shape index (κ3) is 4.32.